The monoisotopic (exact) mass is 408 g/mol. The van der Waals surface area contributed by atoms with Crippen LogP contribution in [0.3, 0.4) is 0 Å². The standard InChI is InChI=1S/C22H25FN6O/c1-29(7-8-30)22-18-11-15(16(12-24)13-25)5-6-20(18)27-21(28-22)19(26)10-14-3-2-4-17(23)9-14/h2-6,9,11-13,19,24,30H,7-8,10,25-26H2,1H3/b16-13+,24-12?. The number of aliphatic hydroxyl groups excluding tert-OH is 1. The quantitative estimate of drug-likeness (QED) is 0.424. The minimum atomic E-state index is -0.529. The second kappa shape index (κ2) is 9.43. The first-order valence-corrected chi connectivity index (χ1v) is 9.53. The molecule has 0 aliphatic heterocycles. The largest absolute Gasteiger partial charge is 0.404 e. The van der Waals surface area contributed by atoms with Gasteiger partial charge in [-0.25, -0.2) is 14.4 Å². The van der Waals surface area contributed by atoms with E-state index >= 15 is 0 Å². The smallest absolute Gasteiger partial charge is 0.148 e. The molecule has 6 N–H and O–H groups in total. The molecule has 0 fully saturated rings. The molecule has 1 aromatic heterocycles. The number of benzene rings is 2. The van der Waals surface area contributed by atoms with E-state index in [1.54, 1.807) is 6.07 Å². The second-order valence-corrected chi connectivity index (χ2v) is 6.99. The first-order valence-electron chi connectivity index (χ1n) is 9.53. The molecular formula is C22H25FN6O. The normalized spacial score (nSPS) is 12.7. The van der Waals surface area contributed by atoms with Crippen LogP contribution >= 0.6 is 0 Å². The Hall–Kier alpha value is -3.36. The molecule has 3 aromatic rings. The van der Waals surface area contributed by atoms with E-state index in [4.69, 9.17) is 16.9 Å². The van der Waals surface area contributed by atoms with Crippen molar-refractivity contribution in [2.75, 3.05) is 25.1 Å². The van der Waals surface area contributed by atoms with E-state index in [1.807, 2.05) is 36.2 Å². The number of nitrogens with zero attached hydrogens (tertiary/aromatic N) is 3. The van der Waals surface area contributed by atoms with Crippen LogP contribution in [0.25, 0.3) is 16.5 Å². The van der Waals surface area contributed by atoms with Crippen LogP contribution in [-0.2, 0) is 6.42 Å². The Balaban J connectivity index is 2.07. The highest BCUT2D eigenvalue weighted by atomic mass is 19.1. The lowest BCUT2D eigenvalue weighted by Gasteiger charge is -2.21. The van der Waals surface area contributed by atoms with Crippen molar-refractivity contribution in [3.05, 3.63) is 71.4 Å². The first kappa shape index (κ1) is 21.4. The molecule has 0 radical (unpaired) electrons. The number of fused-ring (bicyclic) bond motifs is 1. The van der Waals surface area contributed by atoms with Gasteiger partial charge in [-0.15, -0.1) is 0 Å². The molecule has 156 valence electrons. The highest BCUT2D eigenvalue weighted by molar-refractivity contribution is 6.09. The van der Waals surface area contributed by atoms with Gasteiger partial charge in [0.2, 0.25) is 0 Å². The number of allylic oxidation sites excluding steroid dienone is 1. The van der Waals surface area contributed by atoms with E-state index in [0.717, 1.165) is 16.5 Å². The number of hydrogen-bond donors (Lipinski definition) is 4. The molecule has 1 atom stereocenters. The van der Waals surface area contributed by atoms with Gasteiger partial charge < -0.3 is 26.9 Å². The van der Waals surface area contributed by atoms with E-state index in [0.29, 0.717) is 35.7 Å². The summed E-state index contributed by atoms with van der Waals surface area (Å²) in [5.41, 5.74) is 14.8. The maximum atomic E-state index is 13.5. The molecule has 1 heterocycles. The number of aliphatic hydroxyl groups is 1. The Morgan fingerprint density at radius 1 is 1.27 bits per heavy atom. The van der Waals surface area contributed by atoms with Gasteiger partial charge in [-0.3, -0.25) is 0 Å². The van der Waals surface area contributed by atoms with Gasteiger partial charge in [0, 0.05) is 37.0 Å². The zero-order valence-corrected chi connectivity index (χ0v) is 16.7. The van der Waals surface area contributed by atoms with Gasteiger partial charge in [0.05, 0.1) is 18.2 Å². The maximum Gasteiger partial charge on any atom is 0.148 e. The third-order valence-corrected chi connectivity index (χ3v) is 4.83. The Morgan fingerprint density at radius 3 is 2.73 bits per heavy atom. The summed E-state index contributed by atoms with van der Waals surface area (Å²) in [5.74, 6) is 0.730. The fourth-order valence-corrected chi connectivity index (χ4v) is 3.26. The van der Waals surface area contributed by atoms with Gasteiger partial charge in [-0.1, -0.05) is 18.2 Å². The van der Waals surface area contributed by atoms with Crippen LogP contribution in [0, 0.1) is 11.2 Å². The fraction of sp³-hybridized carbons (Fsp3) is 0.227. The molecule has 0 aliphatic carbocycles. The number of halogens is 1. The van der Waals surface area contributed by atoms with Crippen molar-refractivity contribution in [1.29, 1.82) is 5.41 Å². The molecule has 7 nitrogen and oxygen atoms in total. The zero-order valence-electron chi connectivity index (χ0n) is 16.7. The minimum absolute atomic E-state index is 0.0409. The lowest BCUT2D eigenvalue weighted by Crippen LogP contribution is -2.25. The Morgan fingerprint density at radius 2 is 2.07 bits per heavy atom. The summed E-state index contributed by atoms with van der Waals surface area (Å²) in [7, 11) is 1.82. The predicted molar refractivity (Wildman–Crippen MR) is 118 cm³/mol. The molecule has 0 aliphatic rings. The highest BCUT2D eigenvalue weighted by Crippen LogP contribution is 2.28. The van der Waals surface area contributed by atoms with Gasteiger partial charge in [-0.05, 0) is 41.8 Å². The van der Waals surface area contributed by atoms with E-state index in [9.17, 15) is 9.50 Å². The molecule has 0 bridgehead atoms. The molecule has 8 heteroatoms. The Bertz CT molecular complexity index is 1080. The number of hydrogen-bond acceptors (Lipinski definition) is 7. The zero-order chi connectivity index (χ0) is 21.7. The van der Waals surface area contributed by atoms with Crippen molar-refractivity contribution in [1.82, 2.24) is 9.97 Å². The topological polar surface area (TPSA) is 125 Å². The van der Waals surface area contributed by atoms with Gasteiger partial charge in [0.15, 0.2) is 0 Å². The Kier molecular flexibility index (Phi) is 6.71. The summed E-state index contributed by atoms with van der Waals surface area (Å²) in [6.45, 7) is 0.333. The van der Waals surface area contributed by atoms with Crippen LogP contribution in [0.15, 0.2) is 48.7 Å². The average molecular weight is 408 g/mol. The first-order chi connectivity index (χ1) is 14.5. The summed E-state index contributed by atoms with van der Waals surface area (Å²) in [6.07, 6.45) is 2.94. The van der Waals surface area contributed by atoms with Crippen molar-refractivity contribution >= 4 is 28.5 Å². The van der Waals surface area contributed by atoms with E-state index in [2.05, 4.69) is 9.97 Å². The lowest BCUT2D eigenvalue weighted by molar-refractivity contribution is 0.304. The fourth-order valence-electron chi connectivity index (χ4n) is 3.26. The summed E-state index contributed by atoms with van der Waals surface area (Å²) >= 11 is 0. The van der Waals surface area contributed by atoms with Crippen molar-refractivity contribution in [3.8, 4) is 0 Å². The summed E-state index contributed by atoms with van der Waals surface area (Å²) < 4.78 is 13.5. The molecule has 2 aromatic carbocycles. The van der Waals surface area contributed by atoms with Crippen LogP contribution in [0.4, 0.5) is 10.2 Å². The number of nitrogens with two attached hydrogens (primary N) is 2. The molecular weight excluding hydrogens is 383 g/mol. The van der Waals surface area contributed by atoms with E-state index in [-0.39, 0.29) is 12.4 Å². The van der Waals surface area contributed by atoms with Crippen molar-refractivity contribution in [3.63, 3.8) is 0 Å². The third-order valence-electron chi connectivity index (χ3n) is 4.83. The summed E-state index contributed by atoms with van der Waals surface area (Å²) in [4.78, 5) is 11.1. The van der Waals surface area contributed by atoms with Crippen molar-refractivity contribution in [2.24, 2.45) is 11.5 Å². The van der Waals surface area contributed by atoms with Gasteiger partial charge in [-0.2, -0.15) is 0 Å². The predicted octanol–water partition coefficient (Wildman–Crippen LogP) is 2.39. The summed E-state index contributed by atoms with van der Waals surface area (Å²) in [5, 5.41) is 17.7. The van der Waals surface area contributed by atoms with Crippen LogP contribution in [-0.4, -0.2) is 41.5 Å². The molecule has 0 saturated heterocycles. The van der Waals surface area contributed by atoms with Crippen LogP contribution in [0.1, 0.15) is 23.0 Å². The second-order valence-electron chi connectivity index (χ2n) is 6.99. The molecule has 30 heavy (non-hydrogen) atoms. The van der Waals surface area contributed by atoms with Crippen LogP contribution < -0.4 is 16.4 Å². The lowest BCUT2D eigenvalue weighted by atomic mass is 10.0. The number of nitrogens with one attached hydrogen (secondary N) is 1. The number of anilines is 1. The van der Waals surface area contributed by atoms with E-state index < -0.39 is 6.04 Å². The molecule has 1 unspecified atom stereocenters. The van der Waals surface area contributed by atoms with Crippen molar-refractivity contribution in [2.45, 2.75) is 12.5 Å². The molecule has 3 rings (SSSR count). The molecule has 0 amide bonds. The number of rotatable bonds is 8. The third kappa shape index (κ3) is 4.61. The minimum Gasteiger partial charge on any atom is -0.404 e. The number of aromatic nitrogens is 2. The SMILES string of the molecule is CN(CCO)c1nc(C(N)Cc2cccc(F)c2)nc2ccc(/C(C=N)=C/N)cc12. The molecule has 0 spiro atoms. The Labute approximate surface area is 174 Å². The van der Waals surface area contributed by atoms with E-state index in [1.165, 1.54) is 24.5 Å². The highest BCUT2D eigenvalue weighted by Gasteiger charge is 2.17. The van der Waals surface area contributed by atoms with Crippen molar-refractivity contribution < 1.29 is 9.50 Å². The molecule has 0 saturated carbocycles. The van der Waals surface area contributed by atoms with Crippen LogP contribution in [0.2, 0.25) is 0 Å². The summed E-state index contributed by atoms with van der Waals surface area (Å²) in [6, 6.07) is 11.3. The number of likely N-dealkylation sites (N-methyl/N-ethyl adjacent to an activating group) is 1. The van der Waals surface area contributed by atoms with Gasteiger partial charge >= 0.3 is 0 Å². The van der Waals surface area contributed by atoms with Crippen LogP contribution in [0.5, 0.6) is 0 Å². The van der Waals surface area contributed by atoms with Gasteiger partial charge in [0.1, 0.15) is 17.5 Å². The average Bonchev–Trinajstić information content (AvgIpc) is 2.74. The maximum absolute atomic E-state index is 13.5. The van der Waals surface area contributed by atoms with Gasteiger partial charge in [0.25, 0.3) is 0 Å².